The summed E-state index contributed by atoms with van der Waals surface area (Å²) in [6, 6.07) is 10.4. The minimum absolute atomic E-state index is 0.00975. The molecule has 47 heavy (non-hydrogen) atoms. The van der Waals surface area contributed by atoms with E-state index in [4.69, 9.17) is 14.5 Å². The third-order valence-electron chi connectivity index (χ3n) is 10.1. The Bertz CT molecular complexity index is 1830. The van der Waals surface area contributed by atoms with Crippen molar-refractivity contribution in [3.05, 3.63) is 53.6 Å². The van der Waals surface area contributed by atoms with Crippen LogP contribution in [0.5, 0.6) is 11.8 Å². The lowest BCUT2D eigenvalue weighted by atomic mass is 9.92. The van der Waals surface area contributed by atoms with Gasteiger partial charge in [0.05, 0.1) is 16.9 Å². The lowest BCUT2D eigenvalue weighted by Crippen LogP contribution is -2.51. The SMILES string of the molecule is COCCc1cccc2cc(O)cc(-c3c(F)cc4c(N5CC6CCC(C5)N6)nc(OCC56CCCN(C[C@H](F)C5)S6)nc4c3F)c12. The Kier molecular flexibility index (Phi) is 8.10. The summed E-state index contributed by atoms with van der Waals surface area (Å²) in [5.41, 5.74) is 0.753. The van der Waals surface area contributed by atoms with E-state index < -0.39 is 22.6 Å². The van der Waals surface area contributed by atoms with Crippen LogP contribution >= 0.6 is 11.9 Å². The van der Waals surface area contributed by atoms with E-state index in [9.17, 15) is 9.50 Å². The van der Waals surface area contributed by atoms with Crippen molar-refractivity contribution in [3.8, 4) is 22.9 Å². The number of fused-ring (bicyclic) bond motifs is 6. The molecule has 4 aromatic rings. The van der Waals surface area contributed by atoms with E-state index in [0.717, 1.165) is 37.8 Å². The number of aromatic nitrogens is 2. The summed E-state index contributed by atoms with van der Waals surface area (Å²) in [6.45, 7) is 3.14. The molecule has 4 saturated heterocycles. The van der Waals surface area contributed by atoms with Gasteiger partial charge in [0.15, 0.2) is 5.82 Å². The molecule has 5 heterocycles. The Morgan fingerprint density at radius 2 is 1.94 bits per heavy atom. The second kappa shape index (κ2) is 12.3. The molecular weight excluding hydrogens is 627 g/mol. The number of benzene rings is 3. The number of aromatic hydroxyl groups is 1. The first-order chi connectivity index (χ1) is 22.8. The largest absolute Gasteiger partial charge is 0.508 e. The van der Waals surface area contributed by atoms with Crippen molar-refractivity contribution >= 4 is 39.4 Å². The van der Waals surface area contributed by atoms with Gasteiger partial charge in [0.1, 0.15) is 35.7 Å². The first-order valence-corrected chi connectivity index (χ1v) is 17.2. The summed E-state index contributed by atoms with van der Waals surface area (Å²) >= 11 is 1.64. The minimum Gasteiger partial charge on any atom is -0.508 e. The zero-order chi connectivity index (χ0) is 32.3. The number of nitrogens with zero attached hydrogens (tertiary/aromatic N) is 4. The molecule has 2 N–H and O–H groups in total. The fraction of sp³-hybridized carbons (Fsp3) is 0.486. The number of alkyl halides is 1. The Morgan fingerprint density at radius 3 is 2.74 bits per heavy atom. The van der Waals surface area contributed by atoms with E-state index in [0.29, 0.717) is 55.7 Å². The summed E-state index contributed by atoms with van der Waals surface area (Å²) in [5.74, 6) is -1.29. The number of phenolic OH excluding ortho intramolecular Hbond substituents is 1. The molecule has 4 aliphatic rings. The summed E-state index contributed by atoms with van der Waals surface area (Å²) in [6.07, 6.45) is 3.74. The molecule has 5 atom stereocenters. The van der Waals surface area contributed by atoms with Crippen LogP contribution < -0.4 is 15.0 Å². The van der Waals surface area contributed by atoms with Gasteiger partial charge in [0, 0.05) is 50.8 Å². The molecule has 12 heteroatoms. The molecule has 8 rings (SSSR count). The van der Waals surface area contributed by atoms with Crippen molar-refractivity contribution in [3.63, 3.8) is 0 Å². The highest BCUT2D eigenvalue weighted by molar-refractivity contribution is 7.98. The zero-order valence-electron chi connectivity index (χ0n) is 26.3. The summed E-state index contributed by atoms with van der Waals surface area (Å²) in [7, 11) is 1.61. The Hall–Kier alpha value is -3.32. The van der Waals surface area contributed by atoms with Gasteiger partial charge >= 0.3 is 6.01 Å². The van der Waals surface area contributed by atoms with Crippen molar-refractivity contribution in [1.82, 2.24) is 19.6 Å². The normalized spacial score (nSPS) is 27.1. The Balaban J connectivity index is 1.27. The number of anilines is 1. The molecule has 1 aromatic heterocycles. The number of halogens is 3. The van der Waals surface area contributed by atoms with Gasteiger partial charge in [0.25, 0.3) is 0 Å². The van der Waals surface area contributed by atoms with Gasteiger partial charge in [-0.25, -0.2) is 17.5 Å². The number of piperazine rings is 1. The third kappa shape index (κ3) is 5.77. The van der Waals surface area contributed by atoms with E-state index in [2.05, 4.69) is 19.5 Å². The van der Waals surface area contributed by atoms with Gasteiger partial charge in [-0.1, -0.05) is 30.1 Å². The average molecular weight is 666 g/mol. The fourth-order valence-corrected chi connectivity index (χ4v) is 9.65. The van der Waals surface area contributed by atoms with Crippen LogP contribution in [0, 0.1) is 11.6 Å². The van der Waals surface area contributed by atoms with Crippen molar-refractivity contribution in [1.29, 1.82) is 0 Å². The van der Waals surface area contributed by atoms with Crippen LogP contribution in [-0.4, -0.2) is 88.9 Å². The predicted octanol–water partition coefficient (Wildman–Crippen LogP) is 6.17. The van der Waals surface area contributed by atoms with Gasteiger partial charge < -0.3 is 24.8 Å². The first kappa shape index (κ1) is 31.0. The van der Waals surface area contributed by atoms with Crippen LogP contribution in [0.3, 0.4) is 0 Å². The number of methoxy groups -OCH3 is 1. The van der Waals surface area contributed by atoms with Gasteiger partial charge in [0.2, 0.25) is 0 Å². The second-order valence-electron chi connectivity index (χ2n) is 13.4. The van der Waals surface area contributed by atoms with Crippen LogP contribution in [-0.2, 0) is 11.2 Å². The molecule has 4 aliphatic heterocycles. The maximum absolute atomic E-state index is 17.0. The molecule has 0 spiro atoms. The molecule has 0 amide bonds. The highest BCUT2D eigenvalue weighted by Gasteiger charge is 2.44. The molecule has 8 nitrogen and oxygen atoms in total. The topological polar surface area (TPSA) is 83.0 Å². The number of rotatable bonds is 8. The number of ether oxygens (including phenoxy) is 2. The van der Waals surface area contributed by atoms with Crippen LogP contribution in [0.4, 0.5) is 19.0 Å². The first-order valence-electron chi connectivity index (χ1n) is 16.4. The van der Waals surface area contributed by atoms with Gasteiger partial charge in [-0.2, -0.15) is 9.97 Å². The molecule has 4 fully saturated rings. The van der Waals surface area contributed by atoms with Crippen molar-refractivity contribution < 1.29 is 27.8 Å². The van der Waals surface area contributed by atoms with Crippen LogP contribution in [0.15, 0.2) is 36.4 Å². The number of hydrogen-bond acceptors (Lipinski definition) is 9. The molecular formula is C35H38F3N5O3S. The molecule has 0 saturated carbocycles. The Labute approximate surface area is 275 Å². The summed E-state index contributed by atoms with van der Waals surface area (Å²) < 4.78 is 61.3. The van der Waals surface area contributed by atoms with Crippen molar-refractivity contribution in [2.24, 2.45) is 0 Å². The molecule has 4 bridgehead atoms. The van der Waals surface area contributed by atoms with Crippen LogP contribution in [0.25, 0.3) is 32.8 Å². The smallest absolute Gasteiger partial charge is 0.319 e. The number of nitrogens with one attached hydrogen (secondary N) is 1. The standard InChI is InChI=1S/C35H38F3N5O3S/c1-45-11-8-20-4-2-5-21-12-25(44)13-26(29(20)21)30-28(37)14-27-32(31(30)38)40-34(41-33(27)42-17-23-6-7-24(18-42)39-23)46-19-35-9-3-10-43(47-35)16-22(36)15-35/h2,4-5,12-14,22-24,39,44H,3,6-11,15-19H2,1H3/t22-,23?,24?,35?/m1/s1. The van der Waals surface area contributed by atoms with Gasteiger partial charge in [-0.15, -0.1) is 0 Å². The maximum Gasteiger partial charge on any atom is 0.319 e. The minimum atomic E-state index is -0.946. The van der Waals surface area contributed by atoms with Crippen LogP contribution in [0.2, 0.25) is 0 Å². The maximum atomic E-state index is 17.0. The fourth-order valence-electron chi connectivity index (χ4n) is 8.04. The number of phenols is 1. The van der Waals surface area contributed by atoms with Crippen molar-refractivity contribution in [2.75, 3.05) is 51.4 Å². The average Bonchev–Trinajstić information content (AvgIpc) is 3.39. The van der Waals surface area contributed by atoms with E-state index in [-0.39, 0.29) is 52.5 Å². The van der Waals surface area contributed by atoms with Gasteiger partial charge in [-0.05, 0) is 78.6 Å². The molecule has 4 unspecified atom stereocenters. The van der Waals surface area contributed by atoms with E-state index in [1.54, 1.807) is 25.1 Å². The number of hydrogen-bond donors (Lipinski definition) is 2. The highest BCUT2D eigenvalue weighted by Crippen LogP contribution is 2.46. The van der Waals surface area contributed by atoms with E-state index >= 15 is 8.78 Å². The molecule has 0 aliphatic carbocycles. The zero-order valence-corrected chi connectivity index (χ0v) is 27.1. The molecule has 0 radical (unpaired) electrons. The monoisotopic (exact) mass is 665 g/mol. The van der Waals surface area contributed by atoms with E-state index in [1.807, 2.05) is 18.2 Å². The summed E-state index contributed by atoms with van der Waals surface area (Å²) in [4.78, 5) is 11.4. The second-order valence-corrected chi connectivity index (χ2v) is 15.0. The van der Waals surface area contributed by atoms with E-state index in [1.165, 1.54) is 12.1 Å². The molecule has 248 valence electrons. The third-order valence-corrected chi connectivity index (χ3v) is 11.5. The predicted molar refractivity (Wildman–Crippen MR) is 178 cm³/mol. The quantitative estimate of drug-likeness (QED) is 0.215. The van der Waals surface area contributed by atoms with Crippen molar-refractivity contribution in [2.45, 2.75) is 61.5 Å². The Morgan fingerprint density at radius 1 is 1.11 bits per heavy atom. The highest BCUT2D eigenvalue weighted by atomic mass is 32.2. The molecule has 3 aromatic carbocycles. The lowest BCUT2D eigenvalue weighted by molar-refractivity contribution is 0.144. The summed E-state index contributed by atoms with van der Waals surface area (Å²) in [5, 5.41) is 15.8. The lowest BCUT2D eigenvalue weighted by Gasteiger charge is -2.46. The van der Waals surface area contributed by atoms with Crippen LogP contribution in [0.1, 0.15) is 37.7 Å². The van der Waals surface area contributed by atoms with Gasteiger partial charge in [-0.3, -0.25) is 0 Å².